The second-order valence-electron chi connectivity index (χ2n) is 7.44. The summed E-state index contributed by atoms with van der Waals surface area (Å²) in [4.78, 5) is 11.0. The number of allylic oxidation sites excluding steroid dienone is 1. The van der Waals surface area contributed by atoms with Gasteiger partial charge in [-0.05, 0) is 60.7 Å². The lowest BCUT2D eigenvalue weighted by atomic mass is 10.1. The zero-order valence-electron chi connectivity index (χ0n) is 18.2. The van der Waals surface area contributed by atoms with Crippen LogP contribution in [-0.2, 0) is 21.2 Å². The number of aryl methyl sites for hydroxylation is 1. The molecular weight excluding hydrogens is 438 g/mol. The van der Waals surface area contributed by atoms with E-state index in [0.29, 0.717) is 18.7 Å². The van der Waals surface area contributed by atoms with Gasteiger partial charge in [0.2, 0.25) is 0 Å². The highest BCUT2D eigenvalue weighted by atomic mass is 32.2. The van der Waals surface area contributed by atoms with E-state index >= 15 is 0 Å². The summed E-state index contributed by atoms with van der Waals surface area (Å²) in [5.41, 5.74) is 2.29. The Morgan fingerprint density at radius 3 is 2.52 bits per heavy atom. The first-order valence-corrected chi connectivity index (χ1v) is 12.2. The van der Waals surface area contributed by atoms with Gasteiger partial charge in [-0.1, -0.05) is 60.7 Å². The van der Waals surface area contributed by atoms with Crippen LogP contribution in [0, 0.1) is 0 Å². The molecule has 3 rings (SSSR count). The van der Waals surface area contributed by atoms with Gasteiger partial charge in [-0.25, -0.2) is 8.42 Å². The summed E-state index contributed by atoms with van der Waals surface area (Å²) in [5.74, 6) is -0.104. The number of rotatable bonds is 12. The fraction of sp³-hybridized carbons (Fsp3) is 0.192. The molecule has 0 bridgehead atoms. The van der Waals surface area contributed by atoms with Crippen LogP contribution in [-0.4, -0.2) is 26.1 Å². The van der Waals surface area contributed by atoms with E-state index in [1.54, 1.807) is 48.5 Å². The number of hydrogen-bond donors (Lipinski definition) is 2. The number of aliphatic carboxylic acids is 1. The van der Waals surface area contributed by atoms with E-state index < -0.39 is 16.0 Å². The molecule has 3 aromatic rings. The number of anilines is 1. The molecule has 3 aromatic carbocycles. The minimum atomic E-state index is -3.62. The van der Waals surface area contributed by atoms with E-state index in [2.05, 4.69) is 4.72 Å². The first-order valence-electron chi connectivity index (χ1n) is 10.7. The normalized spacial score (nSPS) is 11.4. The van der Waals surface area contributed by atoms with Crippen LogP contribution in [0.15, 0.2) is 89.8 Å². The van der Waals surface area contributed by atoms with Gasteiger partial charge in [0.25, 0.3) is 10.0 Å². The van der Waals surface area contributed by atoms with Crippen molar-refractivity contribution in [1.82, 2.24) is 0 Å². The van der Waals surface area contributed by atoms with Crippen molar-refractivity contribution in [2.75, 3.05) is 11.3 Å². The molecule has 0 saturated carbocycles. The van der Waals surface area contributed by atoms with Gasteiger partial charge in [0.05, 0.1) is 11.5 Å². The van der Waals surface area contributed by atoms with E-state index in [9.17, 15) is 13.2 Å². The van der Waals surface area contributed by atoms with E-state index in [0.717, 1.165) is 29.7 Å². The molecule has 0 unspecified atom stereocenters. The molecule has 0 aliphatic heterocycles. The Balaban J connectivity index is 1.48. The molecule has 0 heterocycles. The van der Waals surface area contributed by atoms with Crippen LogP contribution in [0.25, 0.3) is 6.08 Å². The number of ether oxygens (including phenoxy) is 1. The number of carboxylic acids is 1. The van der Waals surface area contributed by atoms with Gasteiger partial charge in [0.15, 0.2) is 0 Å². The average molecular weight is 466 g/mol. The number of sulfonamides is 1. The smallest absolute Gasteiger partial charge is 0.303 e. The zero-order chi connectivity index (χ0) is 23.5. The van der Waals surface area contributed by atoms with Crippen molar-refractivity contribution in [2.45, 2.75) is 30.6 Å². The minimum absolute atomic E-state index is 0.0731. The van der Waals surface area contributed by atoms with Gasteiger partial charge < -0.3 is 9.84 Å². The van der Waals surface area contributed by atoms with Crippen molar-refractivity contribution in [3.63, 3.8) is 0 Å². The summed E-state index contributed by atoms with van der Waals surface area (Å²) in [5, 5.41) is 8.88. The second kappa shape index (κ2) is 11.9. The van der Waals surface area contributed by atoms with Gasteiger partial charge >= 0.3 is 5.97 Å². The third-order valence-corrected chi connectivity index (χ3v) is 6.25. The maximum Gasteiger partial charge on any atom is 0.303 e. The van der Waals surface area contributed by atoms with Crippen LogP contribution in [0.4, 0.5) is 5.69 Å². The molecule has 7 heteroatoms. The van der Waals surface area contributed by atoms with Crippen molar-refractivity contribution in [3.05, 3.63) is 96.1 Å². The highest BCUT2D eigenvalue weighted by molar-refractivity contribution is 7.92. The molecule has 0 radical (unpaired) electrons. The third-order valence-electron chi connectivity index (χ3n) is 4.86. The van der Waals surface area contributed by atoms with Gasteiger partial charge in [-0.15, -0.1) is 0 Å². The standard InChI is InChI=1S/C26H27NO5S/c28-26(29)18-17-22-12-6-7-16-25(22)32-19-8-2-3-10-21-11-9-13-23(20-21)27-33(30,31)24-14-4-1-5-15-24/h1,3-7,9-16,20,27H,2,8,17-19H2,(H,28,29)/b10-3+. The molecule has 33 heavy (non-hydrogen) atoms. The number of para-hydroxylation sites is 1. The number of hydrogen-bond acceptors (Lipinski definition) is 4. The Kier molecular flexibility index (Phi) is 8.66. The summed E-state index contributed by atoms with van der Waals surface area (Å²) >= 11 is 0. The van der Waals surface area contributed by atoms with Crippen molar-refractivity contribution in [1.29, 1.82) is 0 Å². The minimum Gasteiger partial charge on any atom is -0.493 e. The highest BCUT2D eigenvalue weighted by Crippen LogP contribution is 2.20. The quantitative estimate of drug-likeness (QED) is 0.351. The number of carbonyl (C=O) groups is 1. The van der Waals surface area contributed by atoms with E-state index in [1.807, 2.05) is 42.5 Å². The van der Waals surface area contributed by atoms with Crippen molar-refractivity contribution >= 4 is 27.8 Å². The Bertz CT molecular complexity index is 1190. The molecule has 0 aliphatic carbocycles. The first kappa shape index (κ1) is 24.1. The molecule has 0 saturated heterocycles. The fourth-order valence-corrected chi connectivity index (χ4v) is 4.29. The van der Waals surface area contributed by atoms with Gasteiger partial charge in [-0.2, -0.15) is 0 Å². The first-order chi connectivity index (χ1) is 15.9. The monoisotopic (exact) mass is 465 g/mol. The van der Waals surface area contributed by atoms with Crippen LogP contribution in [0.2, 0.25) is 0 Å². The SMILES string of the molecule is O=C(O)CCc1ccccc1OCCC/C=C/c1cccc(NS(=O)(=O)c2ccccc2)c1. The number of benzene rings is 3. The number of unbranched alkanes of at least 4 members (excludes halogenated alkanes) is 1. The van der Waals surface area contributed by atoms with Crippen molar-refractivity contribution in [3.8, 4) is 5.75 Å². The summed E-state index contributed by atoms with van der Waals surface area (Å²) in [6.45, 7) is 0.519. The Labute approximate surface area is 194 Å². The molecule has 0 amide bonds. The van der Waals surface area contributed by atoms with Crippen LogP contribution in [0.3, 0.4) is 0 Å². The topological polar surface area (TPSA) is 92.7 Å². The zero-order valence-corrected chi connectivity index (χ0v) is 19.0. The fourth-order valence-electron chi connectivity index (χ4n) is 3.22. The summed E-state index contributed by atoms with van der Waals surface area (Å²) in [6.07, 6.45) is 6.06. The lowest BCUT2D eigenvalue weighted by Crippen LogP contribution is -2.12. The van der Waals surface area contributed by atoms with E-state index in [-0.39, 0.29) is 11.3 Å². The number of nitrogens with one attached hydrogen (secondary N) is 1. The largest absolute Gasteiger partial charge is 0.493 e. The lowest BCUT2D eigenvalue weighted by Gasteiger charge is -2.10. The average Bonchev–Trinajstić information content (AvgIpc) is 2.81. The molecule has 0 atom stereocenters. The Hall–Kier alpha value is -3.58. The van der Waals surface area contributed by atoms with Crippen LogP contribution >= 0.6 is 0 Å². The van der Waals surface area contributed by atoms with Gasteiger partial charge in [0.1, 0.15) is 5.75 Å². The molecule has 6 nitrogen and oxygen atoms in total. The molecule has 0 aliphatic rings. The van der Waals surface area contributed by atoms with Gasteiger partial charge in [-0.3, -0.25) is 9.52 Å². The van der Waals surface area contributed by atoms with Crippen LogP contribution < -0.4 is 9.46 Å². The van der Waals surface area contributed by atoms with E-state index in [1.165, 1.54) is 0 Å². The highest BCUT2D eigenvalue weighted by Gasteiger charge is 2.13. The molecule has 172 valence electrons. The molecule has 0 spiro atoms. The summed E-state index contributed by atoms with van der Waals surface area (Å²) in [7, 11) is -3.62. The van der Waals surface area contributed by atoms with Crippen molar-refractivity contribution < 1.29 is 23.1 Å². The number of carboxylic acid groups (broad SMARTS) is 1. The molecule has 0 fully saturated rings. The molecule has 0 aromatic heterocycles. The van der Waals surface area contributed by atoms with Crippen LogP contribution in [0.5, 0.6) is 5.75 Å². The summed E-state index contributed by atoms with van der Waals surface area (Å²) < 4.78 is 33.4. The summed E-state index contributed by atoms with van der Waals surface area (Å²) in [6, 6.07) is 23.0. The predicted molar refractivity (Wildman–Crippen MR) is 130 cm³/mol. The molecule has 2 N–H and O–H groups in total. The maximum atomic E-state index is 12.5. The second-order valence-corrected chi connectivity index (χ2v) is 9.12. The maximum absolute atomic E-state index is 12.5. The molecular formula is C26H27NO5S. The van der Waals surface area contributed by atoms with Gasteiger partial charge in [0, 0.05) is 12.1 Å². The lowest BCUT2D eigenvalue weighted by molar-refractivity contribution is -0.136. The van der Waals surface area contributed by atoms with Crippen LogP contribution in [0.1, 0.15) is 30.4 Å². The Morgan fingerprint density at radius 2 is 1.73 bits per heavy atom. The predicted octanol–water partition coefficient (Wildman–Crippen LogP) is 5.38. The van der Waals surface area contributed by atoms with Crippen molar-refractivity contribution in [2.24, 2.45) is 0 Å². The Morgan fingerprint density at radius 1 is 0.970 bits per heavy atom. The third kappa shape index (κ3) is 7.80. The van der Waals surface area contributed by atoms with E-state index in [4.69, 9.17) is 9.84 Å².